The van der Waals surface area contributed by atoms with Crippen LogP contribution < -0.4 is 0 Å². The lowest BCUT2D eigenvalue weighted by Gasteiger charge is -2.39. The third-order valence-corrected chi connectivity index (χ3v) is 12.5. The third-order valence-electron chi connectivity index (χ3n) is 12.5. The average molecular weight is 981 g/mol. The van der Waals surface area contributed by atoms with Gasteiger partial charge in [-0.2, -0.15) is 0 Å². The number of ether oxygens (including phenoxy) is 4. The first-order valence-corrected chi connectivity index (χ1v) is 28.3. The molecule has 1 fully saturated rings. The summed E-state index contributed by atoms with van der Waals surface area (Å²) in [6.45, 7) is 4.39. The fraction of sp³-hybridized carbons (Fsp3) is 0.721. The van der Waals surface area contributed by atoms with E-state index in [9.17, 15) is 25.2 Å². The van der Waals surface area contributed by atoms with Gasteiger partial charge in [-0.05, 0) is 96.3 Å². The van der Waals surface area contributed by atoms with Crippen molar-refractivity contribution >= 4 is 5.97 Å². The molecule has 1 aliphatic heterocycles. The van der Waals surface area contributed by atoms with Crippen molar-refractivity contribution in [3.63, 3.8) is 0 Å². The summed E-state index contributed by atoms with van der Waals surface area (Å²) in [6.07, 6.45) is 64.4. The molecule has 6 atom stereocenters. The molecular weight excluding hydrogens is 877 g/mol. The van der Waals surface area contributed by atoms with Crippen LogP contribution in [0.15, 0.2) is 97.2 Å². The molecule has 0 aliphatic carbocycles. The molecule has 0 saturated carbocycles. The first kappa shape index (κ1) is 65.1. The first-order valence-electron chi connectivity index (χ1n) is 28.3. The lowest BCUT2D eigenvalue weighted by atomic mass is 9.99. The maximum atomic E-state index is 12.9. The van der Waals surface area contributed by atoms with Crippen LogP contribution in [0.2, 0.25) is 0 Å². The van der Waals surface area contributed by atoms with Crippen LogP contribution in [0.3, 0.4) is 0 Å². The molecule has 0 radical (unpaired) electrons. The van der Waals surface area contributed by atoms with Gasteiger partial charge < -0.3 is 39.4 Å². The van der Waals surface area contributed by atoms with E-state index in [4.69, 9.17) is 18.9 Å². The molecule has 0 aromatic carbocycles. The number of allylic oxidation sites excluding steroid dienone is 16. The fourth-order valence-electron chi connectivity index (χ4n) is 8.11. The number of hydrogen-bond acceptors (Lipinski definition) is 9. The number of unbranched alkanes of at least 4 members (excludes halogenated alkanes) is 21. The van der Waals surface area contributed by atoms with Crippen molar-refractivity contribution in [1.82, 2.24) is 0 Å². The summed E-state index contributed by atoms with van der Waals surface area (Å²) < 4.78 is 22.9. The Hall–Kier alpha value is -2.89. The minimum absolute atomic E-state index is 0.125. The molecule has 1 saturated heterocycles. The van der Waals surface area contributed by atoms with Crippen molar-refractivity contribution in [3.8, 4) is 0 Å². The van der Waals surface area contributed by atoms with Gasteiger partial charge in [-0.25, -0.2) is 0 Å². The van der Waals surface area contributed by atoms with E-state index in [-0.39, 0.29) is 19.2 Å². The molecule has 1 aliphatic rings. The van der Waals surface area contributed by atoms with Gasteiger partial charge in [0.15, 0.2) is 6.29 Å². The smallest absolute Gasteiger partial charge is 0.306 e. The van der Waals surface area contributed by atoms with Gasteiger partial charge >= 0.3 is 5.97 Å². The highest BCUT2D eigenvalue weighted by Gasteiger charge is 2.44. The molecule has 0 bridgehead atoms. The Morgan fingerprint density at radius 3 is 1.31 bits per heavy atom. The van der Waals surface area contributed by atoms with Crippen molar-refractivity contribution in [2.45, 2.75) is 256 Å². The van der Waals surface area contributed by atoms with Crippen molar-refractivity contribution in [2.75, 3.05) is 26.4 Å². The standard InChI is InChI=1S/C61H104O9/c1-3-5-7-9-11-13-15-17-19-21-23-25-27-29-31-33-35-37-39-41-43-45-47-49-51-67-53-55(54-68-61-60(66)59(65)58(64)56(52-62)70-61)69-57(63)50-48-46-44-42-40-38-36-34-32-30-28-26-24-22-20-18-16-14-12-10-8-6-4-2/h5,7,11,13,16-19,22-25,29,31,35,37,55-56,58-62,64-66H,3-4,6,8-10,12,14-15,20-21,26-28,30,32-34,36,38-54H2,1-2H3/b7-5-,13-11-,18-16-,19-17-,24-22-,25-23-,31-29-,37-35-. The number of aliphatic hydroxyl groups excluding tert-OH is 4. The van der Waals surface area contributed by atoms with Gasteiger partial charge in [0, 0.05) is 13.0 Å². The highest BCUT2D eigenvalue weighted by molar-refractivity contribution is 5.69. The molecule has 0 amide bonds. The number of carbonyl (C=O) groups excluding carboxylic acids is 1. The molecular formula is C61H104O9. The van der Waals surface area contributed by atoms with E-state index >= 15 is 0 Å². The summed E-state index contributed by atoms with van der Waals surface area (Å²) in [5.74, 6) is -0.325. The fourth-order valence-corrected chi connectivity index (χ4v) is 8.11. The highest BCUT2D eigenvalue weighted by atomic mass is 16.7. The third kappa shape index (κ3) is 40.7. The van der Waals surface area contributed by atoms with Gasteiger partial charge in [0.2, 0.25) is 0 Å². The lowest BCUT2D eigenvalue weighted by molar-refractivity contribution is -0.305. The quantitative estimate of drug-likeness (QED) is 0.0267. The maximum Gasteiger partial charge on any atom is 0.306 e. The van der Waals surface area contributed by atoms with Crippen LogP contribution in [0.5, 0.6) is 0 Å². The SMILES string of the molecule is CC/C=C\C/C=C\C/C=C\C/C=C\C/C=C\C/C=C\CCCCCCCOCC(COC1OC(CO)C(O)C(O)C1O)OC(=O)CCCCCCCCCCCCC/C=C\C/C=C\CCCCCCC. The normalized spacial score (nSPS) is 19.7. The molecule has 402 valence electrons. The largest absolute Gasteiger partial charge is 0.457 e. The summed E-state index contributed by atoms with van der Waals surface area (Å²) in [5.41, 5.74) is 0. The molecule has 70 heavy (non-hydrogen) atoms. The molecule has 0 aromatic heterocycles. The van der Waals surface area contributed by atoms with Gasteiger partial charge in [-0.15, -0.1) is 0 Å². The zero-order valence-corrected chi connectivity index (χ0v) is 44.5. The molecule has 1 rings (SSSR count). The van der Waals surface area contributed by atoms with Crippen molar-refractivity contribution in [1.29, 1.82) is 0 Å². The van der Waals surface area contributed by atoms with Gasteiger partial charge in [0.05, 0.1) is 19.8 Å². The molecule has 1 heterocycles. The lowest BCUT2D eigenvalue weighted by Crippen LogP contribution is -2.59. The molecule has 9 heteroatoms. The first-order chi connectivity index (χ1) is 34.4. The van der Waals surface area contributed by atoms with Crippen LogP contribution in [-0.4, -0.2) is 89.6 Å². The van der Waals surface area contributed by atoms with E-state index < -0.39 is 43.4 Å². The zero-order valence-electron chi connectivity index (χ0n) is 44.5. The van der Waals surface area contributed by atoms with Crippen LogP contribution >= 0.6 is 0 Å². The Balaban J connectivity index is 2.20. The predicted molar refractivity (Wildman–Crippen MR) is 293 cm³/mol. The molecule has 6 unspecified atom stereocenters. The number of rotatable bonds is 48. The topological polar surface area (TPSA) is 135 Å². The number of hydrogen-bond donors (Lipinski definition) is 4. The Morgan fingerprint density at radius 2 is 0.871 bits per heavy atom. The van der Waals surface area contributed by atoms with Gasteiger partial charge in [-0.3, -0.25) is 4.79 Å². The van der Waals surface area contributed by atoms with Crippen LogP contribution in [0, 0.1) is 0 Å². The Kier molecular flexibility index (Phi) is 47.5. The zero-order chi connectivity index (χ0) is 50.6. The summed E-state index contributed by atoms with van der Waals surface area (Å²) in [7, 11) is 0. The van der Waals surface area contributed by atoms with E-state index in [1.165, 1.54) is 96.3 Å². The number of carbonyl (C=O) groups is 1. The minimum Gasteiger partial charge on any atom is -0.457 e. The van der Waals surface area contributed by atoms with Crippen LogP contribution in [0.4, 0.5) is 0 Å². The van der Waals surface area contributed by atoms with Crippen molar-refractivity contribution in [3.05, 3.63) is 97.2 Å². The Morgan fingerprint density at radius 1 is 0.471 bits per heavy atom. The van der Waals surface area contributed by atoms with Crippen LogP contribution in [0.1, 0.15) is 219 Å². The summed E-state index contributed by atoms with van der Waals surface area (Å²) in [6, 6.07) is 0. The number of esters is 1. The van der Waals surface area contributed by atoms with Gasteiger partial charge in [0.25, 0.3) is 0 Å². The monoisotopic (exact) mass is 981 g/mol. The molecule has 0 spiro atoms. The predicted octanol–water partition coefficient (Wildman–Crippen LogP) is 14.7. The second-order valence-corrected chi connectivity index (χ2v) is 19.0. The second-order valence-electron chi connectivity index (χ2n) is 19.0. The van der Waals surface area contributed by atoms with Crippen molar-refractivity contribution in [2.24, 2.45) is 0 Å². The molecule has 9 nitrogen and oxygen atoms in total. The van der Waals surface area contributed by atoms with E-state index in [0.717, 1.165) is 103 Å². The minimum atomic E-state index is -1.55. The van der Waals surface area contributed by atoms with E-state index in [0.29, 0.717) is 13.0 Å². The molecule has 0 aromatic rings. The van der Waals surface area contributed by atoms with E-state index in [1.54, 1.807) is 0 Å². The maximum absolute atomic E-state index is 12.9. The summed E-state index contributed by atoms with van der Waals surface area (Å²) >= 11 is 0. The number of aliphatic hydroxyl groups is 4. The van der Waals surface area contributed by atoms with Crippen LogP contribution in [-0.2, 0) is 23.7 Å². The average Bonchev–Trinajstić information content (AvgIpc) is 3.36. The summed E-state index contributed by atoms with van der Waals surface area (Å²) in [4.78, 5) is 12.9. The van der Waals surface area contributed by atoms with E-state index in [2.05, 4.69) is 111 Å². The highest BCUT2D eigenvalue weighted by Crippen LogP contribution is 2.23. The van der Waals surface area contributed by atoms with E-state index in [1.807, 2.05) is 0 Å². The Bertz CT molecular complexity index is 1390. The van der Waals surface area contributed by atoms with Crippen LogP contribution in [0.25, 0.3) is 0 Å². The van der Waals surface area contributed by atoms with Gasteiger partial charge in [0.1, 0.15) is 30.5 Å². The Labute approximate surface area is 428 Å². The second kappa shape index (κ2) is 51.0. The van der Waals surface area contributed by atoms with Gasteiger partial charge in [-0.1, -0.05) is 214 Å². The summed E-state index contributed by atoms with van der Waals surface area (Å²) in [5, 5.41) is 40.3. The van der Waals surface area contributed by atoms with Crippen molar-refractivity contribution < 1.29 is 44.2 Å². The molecule has 4 N–H and O–H groups in total.